The first-order chi connectivity index (χ1) is 19.0. The zero-order chi connectivity index (χ0) is 27.6. The van der Waals surface area contributed by atoms with E-state index in [1.165, 1.54) is 27.8 Å². The molecule has 3 N–H and O–H groups in total. The summed E-state index contributed by atoms with van der Waals surface area (Å²) in [5.41, 5.74) is 7.14. The predicted molar refractivity (Wildman–Crippen MR) is 164 cm³/mol. The molecule has 5 nitrogen and oxygen atoms in total. The van der Waals surface area contributed by atoms with Crippen LogP contribution in [-0.2, 0) is 11.2 Å². The van der Waals surface area contributed by atoms with Crippen molar-refractivity contribution in [2.45, 2.75) is 58.8 Å². The van der Waals surface area contributed by atoms with Gasteiger partial charge in [-0.1, -0.05) is 63.2 Å². The van der Waals surface area contributed by atoms with Crippen LogP contribution in [0, 0.1) is 5.92 Å². The quantitative estimate of drug-likeness (QED) is 0.146. The number of anilines is 1. The van der Waals surface area contributed by atoms with Crippen LogP contribution in [0.15, 0.2) is 72.8 Å². The Kier molecular flexibility index (Phi) is 10.2. The highest BCUT2D eigenvalue weighted by Crippen LogP contribution is 2.33. The summed E-state index contributed by atoms with van der Waals surface area (Å²) in [6, 6.07) is 25.2. The van der Waals surface area contributed by atoms with Gasteiger partial charge in [-0.25, -0.2) is 0 Å². The van der Waals surface area contributed by atoms with Gasteiger partial charge in [0, 0.05) is 28.2 Å². The van der Waals surface area contributed by atoms with Gasteiger partial charge in [-0.3, -0.25) is 4.79 Å². The number of nitrogens with one attached hydrogen (secondary N) is 3. The van der Waals surface area contributed by atoms with Crippen molar-refractivity contribution < 1.29 is 9.53 Å². The zero-order valence-corrected chi connectivity index (χ0v) is 23.8. The third-order valence-corrected chi connectivity index (χ3v) is 7.52. The highest BCUT2D eigenvalue weighted by molar-refractivity contribution is 5.92. The lowest BCUT2D eigenvalue weighted by Crippen LogP contribution is -2.19. The number of carbonyl (C=O) groups is 1. The molecule has 0 bridgehead atoms. The molecule has 1 heterocycles. The standard InChI is InChI=1S/C34H43N3O2/c1-5-25(27-14-11-15-28(22-27)36-34(38)24(2)3)19-21-35-20-10-9-16-30-31-23-29(39-4)17-18-32(31)37-33(30)26-12-7-6-8-13-26/h6-8,11-15,17-18,22-25,35,37H,5,9-10,16,19-21H2,1-4H3,(H,36,38). The van der Waals surface area contributed by atoms with E-state index in [0.717, 1.165) is 62.1 Å². The number of aromatic amines is 1. The summed E-state index contributed by atoms with van der Waals surface area (Å²) in [7, 11) is 1.72. The smallest absolute Gasteiger partial charge is 0.226 e. The van der Waals surface area contributed by atoms with Gasteiger partial charge in [0.05, 0.1) is 7.11 Å². The van der Waals surface area contributed by atoms with E-state index in [2.05, 4.69) is 77.1 Å². The average molecular weight is 526 g/mol. The summed E-state index contributed by atoms with van der Waals surface area (Å²) < 4.78 is 5.51. The minimum atomic E-state index is -0.0245. The summed E-state index contributed by atoms with van der Waals surface area (Å²) in [6.45, 7) is 8.07. The fourth-order valence-electron chi connectivity index (χ4n) is 5.18. The van der Waals surface area contributed by atoms with Crippen molar-refractivity contribution in [3.63, 3.8) is 0 Å². The van der Waals surface area contributed by atoms with Crippen molar-refractivity contribution >= 4 is 22.5 Å². The monoisotopic (exact) mass is 525 g/mol. The summed E-state index contributed by atoms with van der Waals surface area (Å²) in [4.78, 5) is 15.7. The maximum atomic E-state index is 12.1. The maximum Gasteiger partial charge on any atom is 0.226 e. The van der Waals surface area contributed by atoms with Crippen LogP contribution in [0.4, 0.5) is 5.69 Å². The largest absolute Gasteiger partial charge is 0.497 e. The number of unbranched alkanes of at least 4 members (excludes halogenated alkanes) is 1. The van der Waals surface area contributed by atoms with E-state index in [4.69, 9.17) is 4.74 Å². The summed E-state index contributed by atoms with van der Waals surface area (Å²) in [5, 5.41) is 7.95. The number of ether oxygens (including phenoxy) is 1. The molecule has 0 radical (unpaired) electrons. The van der Waals surface area contributed by atoms with Crippen LogP contribution in [-0.4, -0.2) is 31.1 Å². The van der Waals surface area contributed by atoms with Crippen LogP contribution in [0.25, 0.3) is 22.2 Å². The van der Waals surface area contributed by atoms with Gasteiger partial charge in [-0.2, -0.15) is 0 Å². The summed E-state index contributed by atoms with van der Waals surface area (Å²) in [6.07, 6.45) is 5.42. The molecule has 0 aliphatic rings. The number of benzene rings is 3. The number of methoxy groups -OCH3 is 1. The van der Waals surface area contributed by atoms with Crippen LogP contribution in [0.5, 0.6) is 5.75 Å². The van der Waals surface area contributed by atoms with E-state index in [1.807, 2.05) is 32.0 Å². The van der Waals surface area contributed by atoms with Crippen molar-refractivity contribution in [2.24, 2.45) is 5.92 Å². The van der Waals surface area contributed by atoms with Crippen molar-refractivity contribution in [1.29, 1.82) is 0 Å². The first-order valence-electron chi connectivity index (χ1n) is 14.4. The average Bonchev–Trinajstić information content (AvgIpc) is 3.32. The Bertz CT molecular complexity index is 1340. The molecule has 39 heavy (non-hydrogen) atoms. The van der Waals surface area contributed by atoms with Gasteiger partial charge in [0.25, 0.3) is 0 Å². The number of H-pyrrole nitrogens is 1. The number of amides is 1. The maximum absolute atomic E-state index is 12.1. The summed E-state index contributed by atoms with van der Waals surface area (Å²) >= 11 is 0. The van der Waals surface area contributed by atoms with E-state index in [9.17, 15) is 4.79 Å². The molecule has 0 spiro atoms. The molecular weight excluding hydrogens is 482 g/mol. The van der Waals surface area contributed by atoms with Gasteiger partial charge < -0.3 is 20.4 Å². The molecule has 3 aromatic carbocycles. The first kappa shape index (κ1) is 28.4. The van der Waals surface area contributed by atoms with Gasteiger partial charge in [0.2, 0.25) is 5.91 Å². The topological polar surface area (TPSA) is 66.2 Å². The number of aryl methyl sites for hydroxylation is 1. The highest BCUT2D eigenvalue weighted by atomic mass is 16.5. The fraction of sp³-hybridized carbons (Fsp3) is 0.382. The van der Waals surface area contributed by atoms with Crippen LogP contribution in [0.1, 0.15) is 63.5 Å². The number of rotatable bonds is 14. The molecule has 0 saturated carbocycles. The number of hydrogen-bond donors (Lipinski definition) is 3. The molecule has 0 saturated heterocycles. The van der Waals surface area contributed by atoms with E-state index < -0.39 is 0 Å². The molecule has 1 atom stereocenters. The molecule has 4 rings (SSSR count). The Labute approximate surface area is 233 Å². The molecule has 5 heteroatoms. The second kappa shape index (κ2) is 14.0. The van der Waals surface area contributed by atoms with Gasteiger partial charge in [0.15, 0.2) is 0 Å². The van der Waals surface area contributed by atoms with Crippen LogP contribution in [0.3, 0.4) is 0 Å². The number of carbonyl (C=O) groups excluding carboxylic acids is 1. The van der Waals surface area contributed by atoms with E-state index >= 15 is 0 Å². The van der Waals surface area contributed by atoms with E-state index in [1.54, 1.807) is 7.11 Å². The van der Waals surface area contributed by atoms with Gasteiger partial charge in [-0.15, -0.1) is 0 Å². The molecule has 0 fully saturated rings. The Balaban J connectivity index is 1.29. The molecular formula is C34H43N3O2. The van der Waals surface area contributed by atoms with Crippen molar-refractivity contribution in [1.82, 2.24) is 10.3 Å². The molecule has 4 aromatic rings. The minimum Gasteiger partial charge on any atom is -0.497 e. The number of hydrogen-bond acceptors (Lipinski definition) is 3. The van der Waals surface area contributed by atoms with Crippen LogP contribution < -0.4 is 15.4 Å². The second-order valence-corrected chi connectivity index (χ2v) is 10.6. The van der Waals surface area contributed by atoms with Gasteiger partial charge >= 0.3 is 0 Å². The molecule has 206 valence electrons. The van der Waals surface area contributed by atoms with Crippen LogP contribution in [0.2, 0.25) is 0 Å². The Morgan fingerprint density at radius 2 is 1.77 bits per heavy atom. The molecule has 1 unspecified atom stereocenters. The predicted octanol–water partition coefficient (Wildman–Crippen LogP) is 7.93. The fourth-order valence-corrected chi connectivity index (χ4v) is 5.18. The number of fused-ring (bicyclic) bond motifs is 1. The molecule has 1 aromatic heterocycles. The van der Waals surface area contributed by atoms with Crippen molar-refractivity contribution in [3.8, 4) is 17.0 Å². The van der Waals surface area contributed by atoms with E-state index in [-0.39, 0.29) is 11.8 Å². The van der Waals surface area contributed by atoms with Crippen molar-refractivity contribution in [3.05, 3.63) is 83.9 Å². The lowest BCUT2D eigenvalue weighted by atomic mass is 9.93. The lowest BCUT2D eigenvalue weighted by Gasteiger charge is -2.17. The third-order valence-electron chi connectivity index (χ3n) is 7.52. The van der Waals surface area contributed by atoms with Gasteiger partial charge in [0.1, 0.15) is 5.75 Å². The van der Waals surface area contributed by atoms with E-state index in [0.29, 0.717) is 5.92 Å². The zero-order valence-electron chi connectivity index (χ0n) is 23.8. The Morgan fingerprint density at radius 3 is 2.51 bits per heavy atom. The minimum absolute atomic E-state index is 0.0245. The van der Waals surface area contributed by atoms with Crippen molar-refractivity contribution in [2.75, 3.05) is 25.5 Å². The second-order valence-electron chi connectivity index (χ2n) is 10.6. The third kappa shape index (κ3) is 7.51. The van der Waals surface area contributed by atoms with Gasteiger partial charge in [-0.05, 0) is 98.1 Å². The Morgan fingerprint density at radius 1 is 0.949 bits per heavy atom. The SMILES string of the molecule is CCC(CCNCCCCc1c(-c2ccccc2)[nH]c2ccc(OC)cc12)c1cccc(NC(=O)C(C)C)c1. The number of aromatic nitrogens is 1. The lowest BCUT2D eigenvalue weighted by molar-refractivity contribution is -0.118. The normalized spacial score (nSPS) is 12.1. The highest BCUT2D eigenvalue weighted by Gasteiger charge is 2.14. The first-order valence-corrected chi connectivity index (χ1v) is 14.4. The molecule has 0 aliphatic heterocycles. The Hall–Kier alpha value is -3.57. The molecule has 0 aliphatic carbocycles. The summed E-state index contributed by atoms with van der Waals surface area (Å²) in [5.74, 6) is 1.40. The molecule has 1 amide bonds. The van der Waals surface area contributed by atoms with Crippen LogP contribution >= 0.6 is 0 Å².